The first kappa shape index (κ1) is 17.5. The number of aryl methyl sites for hydroxylation is 1. The van der Waals surface area contributed by atoms with Gasteiger partial charge in [0.25, 0.3) is 0 Å². The van der Waals surface area contributed by atoms with E-state index in [4.69, 9.17) is 5.73 Å². The van der Waals surface area contributed by atoms with E-state index in [0.717, 1.165) is 6.42 Å². The first-order chi connectivity index (χ1) is 13.0. The molecule has 0 unspecified atom stereocenters. The van der Waals surface area contributed by atoms with Crippen LogP contribution in [0.1, 0.15) is 30.4 Å². The molecule has 0 aliphatic heterocycles. The van der Waals surface area contributed by atoms with E-state index in [1.807, 2.05) is 29.7 Å². The highest BCUT2D eigenvalue weighted by Gasteiger charge is 2.38. The summed E-state index contributed by atoms with van der Waals surface area (Å²) in [6.45, 7) is 2.09. The van der Waals surface area contributed by atoms with Crippen molar-refractivity contribution in [2.75, 3.05) is 11.1 Å². The second kappa shape index (κ2) is 6.70. The zero-order chi connectivity index (χ0) is 19.1. The van der Waals surface area contributed by atoms with Crippen molar-refractivity contribution >= 4 is 22.3 Å². The van der Waals surface area contributed by atoms with E-state index in [1.54, 1.807) is 12.3 Å². The Kier molecular flexibility index (Phi) is 4.36. The Balaban J connectivity index is 1.75. The Morgan fingerprint density at radius 3 is 2.74 bits per heavy atom. The van der Waals surface area contributed by atoms with E-state index < -0.39 is 17.9 Å². The molecule has 1 saturated carbocycles. The van der Waals surface area contributed by atoms with Gasteiger partial charge in [-0.25, -0.2) is 4.39 Å². The van der Waals surface area contributed by atoms with Gasteiger partial charge in [0.15, 0.2) is 11.2 Å². The van der Waals surface area contributed by atoms with Gasteiger partial charge in [-0.1, -0.05) is 30.3 Å². The molecule has 2 atom stereocenters. The number of nitrogens with zero attached hydrogens (tertiary/aromatic N) is 1. The highest BCUT2D eigenvalue weighted by Crippen LogP contribution is 2.43. The van der Waals surface area contributed by atoms with Gasteiger partial charge < -0.3 is 20.7 Å². The lowest BCUT2D eigenvalue weighted by atomic mass is 10.1. The summed E-state index contributed by atoms with van der Waals surface area (Å²) in [5, 5.41) is 12.8. The predicted octanol–water partition coefficient (Wildman–Crippen LogP) is 3.20. The first-order valence-electron chi connectivity index (χ1n) is 9.11. The standard InChI is InChI=1S/C21H22FN3O2/c1-2-25-10-13(11-26)21(27)18-17(25)9-16(19(22)20(18)23)24-15-8-14(15)12-6-4-3-5-7-12/h3-7,9-10,14-15,24,26H,2,8,11,23H2,1H3/t14-,15+/m0/s1. The van der Waals surface area contributed by atoms with Crippen molar-refractivity contribution < 1.29 is 9.50 Å². The average molecular weight is 367 g/mol. The Morgan fingerprint density at radius 2 is 2.07 bits per heavy atom. The van der Waals surface area contributed by atoms with Crippen molar-refractivity contribution in [2.24, 2.45) is 0 Å². The molecule has 4 N–H and O–H groups in total. The van der Waals surface area contributed by atoms with Gasteiger partial charge in [0.2, 0.25) is 0 Å². The zero-order valence-corrected chi connectivity index (χ0v) is 15.1. The quantitative estimate of drug-likeness (QED) is 0.605. The minimum Gasteiger partial charge on any atom is -0.396 e. The predicted molar refractivity (Wildman–Crippen MR) is 105 cm³/mol. The number of hydrogen-bond donors (Lipinski definition) is 3. The molecule has 0 amide bonds. The fourth-order valence-electron chi connectivity index (χ4n) is 3.71. The largest absolute Gasteiger partial charge is 0.396 e. The fraction of sp³-hybridized carbons (Fsp3) is 0.286. The summed E-state index contributed by atoms with van der Waals surface area (Å²) < 4.78 is 16.7. The lowest BCUT2D eigenvalue weighted by molar-refractivity contribution is 0.280. The van der Waals surface area contributed by atoms with E-state index in [-0.39, 0.29) is 22.7 Å². The van der Waals surface area contributed by atoms with Gasteiger partial charge in [0, 0.05) is 30.3 Å². The number of pyridine rings is 1. The van der Waals surface area contributed by atoms with Crippen LogP contribution in [-0.2, 0) is 13.2 Å². The lowest BCUT2D eigenvalue weighted by Gasteiger charge is -2.16. The topological polar surface area (TPSA) is 80.3 Å². The number of nitrogen functional groups attached to an aromatic ring is 1. The van der Waals surface area contributed by atoms with Gasteiger partial charge in [0.05, 0.1) is 28.9 Å². The Hall–Kier alpha value is -2.86. The molecular weight excluding hydrogens is 345 g/mol. The summed E-state index contributed by atoms with van der Waals surface area (Å²) in [5.74, 6) is -0.274. The van der Waals surface area contributed by atoms with E-state index >= 15 is 0 Å². The van der Waals surface area contributed by atoms with Crippen LogP contribution in [0.25, 0.3) is 10.9 Å². The molecule has 27 heavy (non-hydrogen) atoms. The number of nitrogens with two attached hydrogens (primary N) is 1. The van der Waals surface area contributed by atoms with Crippen LogP contribution < -0.4 is 16.5 Å². The molecule has 1 heterocycles. The molecule has 1 aromatic heterocycles. The number of aliphatic hydroxyl groups excluding tert-OH is 1. The van der Waals surface area contributed by atoms with Crippen molar-refractivity contribution in [3.8, 4) is 0 Å². The summed E-state index contributed by atoms with van der Waals surface area (Å²) in [7, 11) is 0. The van der Waals surface area contributed by atoms with Crippen LogP contribution in [0.3, 0.4) is 0 Å². The molecule has 0 radical (unpaired) electrons. The maximum absolute atomic E-state index is 14.9. The van der Waals surface area contributed by atoms with E-state index in [1.165, 1.54) is 5.56 Å². The van der Waals surface area contributed by atoms with Gasteiger partial charge in [0.1, 0.15) is 0 Å². The molecule has 0 spiro atoms. The van der Waals surface area contributed by atoms with Crippen LogP contribution in [0.15, 0.2) is 47.4 Å². The average Bonchev–Trinajstić information content (AvgIpc) is 3.46. The summed E-state index contributed by atoms with van der Waals surface area (Å²) in [5.41, 5.74) is 7.71. The van der Waals surface area contributed by atoms with Crippen molar-refractivity contribution in [3.63, 3.8) is 0 Å². The van der Waals surface area contributed by atoms with Gasteiger partial charge >= 0.3 is 0 Å². The van der Waals surface area contributed by atoms with Gasteiger partial charge in [-0.2, -0.15) is 0 Å². The van der Waals surface area contributed by atoms with Gasteiger partial charge in [-0.3, -0.25) is 4.79 Å². The summed E-state index contributed by atoms with van der Waals surface area (Å²) in [4.78, 5) is 12.5. The molecule has 3 aromatic rings. The molecule has 140 valence electrons. The number of aromatic nitrogens is 1. The molecular formula is C21H22FN3O2. The van der Waals surface area contributed by atoms with Crippen LogP contribution in [0.4, 0.5) is 15.8 Å². The van der Waals surface area contributed by atoms with Crippen molar-refractivity contribution in [1.82, 2.24) is 4.57 Å². The molecule has 1 fully saturated rings. The minimum absolute atomic E-state index is 0.127. The number of hydrogen-bond acceptors (Lipinski definition) is 4. The highest BCUT2D eigenvalue weighted by atomic mass is 19.1. The summed E-state index contributed by atoms with van der Waals surface area (Å²) in [6.07, 6.45) is 2.53. The Bertz CT molecular complexity index is 1060. The number of benzene rings is 2. The fourth-order valence-corrected chi connectivity index (χ4v) is 3.71. The second-order valence-electron chi connectivity index (χ2n) is 6.98. The summed E-state index contributed by atoms with van der Waals surface area (Å²) >= 11 is 0. The maximum atomic E-state index is 14.9. The van der Waals surface area contributed by atoms with E-state index in [2.05, 4.69) is 17.4 Å². The Morgan fingerprint density at radius 1 is 1.33 bits per heavy atom. The highest BCUT2D eigenvalue weighted by molar-refractivity contribution is 5.94. The molecule has 5 nitrogen and oxygen atoms in total. The van der Waals surface area contributed by atoms with Crippen LogP contribution in [0.2, 0.25) is 0 Å². The summed E-state index contributed by atoms with van der Waals surface area (Å²) in [6, 6.07) is 11.9. The molecule has 4 rings (SSSR count). The molecule has 0 bridgehead atoms. The SMILES string of the molecule is CCn1cc(CO)c(=O)c2c(N)c(F)c(N[C@@H]3C[C@H]3c3ccccc3)cc21. The molecule has 6 heteroatoms. The lowest BCUT2D eigenvalue weighted by Crippen LogP contribution is -2.18. The third-order valence-electron chi connectivity index (χ3n) is 5.29. The molecule has 1 aliphatic carbocycles. The van der Waals surface area contributed by atoms with E-state index in [9.17, 15) is 14.3 Å². The van der Waals surface area contributed by atoms with Crippen molar-refractivity contribution in [3.05, 3.63) is 69.8 Å². The smallest absolute Gasteiger partial charge is 0.197 e. The Labute approximate surface area is 156 Å². The molecule has 1 aliphatic rings. The van der Waals surface area contributed by atoms with E-state index in [0.29, 0.717) is 23.7 Å². The van der Waals surface area contributed by atoms with Crippen LogP contribution in [0.5, 0.6) is 0 Å². The van der Waals surface area contributed by atoms with Gasteiger partial charge in [-0.05, 0) is 25.0 Å². The third kappa shape index (κ3) is 2.96. The van der Waals surface area contributed by atoms with Gasteiger partial charge in [-0.15, -0.1) is 0 Å². The number of aliphatic hydroxyl groups is 1. The first-order valence-corrected chi connectivity index (χ1v) is 9.11. The van der Waals surface area contributed by atoms with Crippen molar-refractivity contribution in [1.29, 1.82) is 0 Å². The number of nitrogens with one attached hydrogen (secondary N) is 1. The van der Waals surface area contributed by atoms with Crippen LogP contribution in [-0.4, -0.2) is 15.7 Å². The van der Waals surface area contributed by atoms with Crippen LogP contribution >= 0.6 is 0 Å². The van der Waals surface area contributed by atoms with Crippen LogP contribution in [0, 0.1) is 5.82 Å². The number of anilines is 2. The normalized spacial score (nSPS) is 18.6. The molecule has 0 saturated heterocycles. The monoisotopic (exact) mass is 367 g/mol. The maximum Gasteiger partial charge on any atom is 0.197 e. The number of halogens is 1. The number of rotatable bonds is 5. The molecule has 2 aromatic carbocycles. The number of fused-ring (bicyclic) bond motifs is 1. The minimum atomic E-state index is -0.615. The zero-order valence-electron chi connectivity index (χ0n) is 15.1. The van der Waals surface area contributed by atoms with Crippen molar-refractivity contribution in [2.45, 2.75) is 38.5 Å². The second-order valence-corrected chi connectivity index (χ2v) is 6.98. The third-order valence-corrected chi connectivity index (χ3v) is 5.29.